The fraction of sp³-hybridized carbons (Fsp3) is 0.417. The minimum atomic E-state index is -0.0284. The van der Waals surface area contributed by atoms with Gasteiger partial charge in [-0.25, -0.2) is 0 Å². The monoisotopic (exact) mass is 206 g/mol. The summed E-state index contributed by atoms with van der Waals surface area (Å²) in [5.41, 5.74) is 1.62. The number of hydrogen-bond acceptors (Lipinski definition) is 3. The van der Waals surface area contributed by atoms with Gasteiger partial charge >= 0.3 is 0 Å². The van der Waals surface area contributed by atoms with Gasteiger partial charge in [0.2, 0.25) is 0 Å². The number of hydrogen-bond donors (Lipinski definition) is 0. The topological polar surface area (TPSA) is 35.5 Å². The molecule has 1 aliphatic rings. The lowest BCUT2D eigenvalue weighted by Crippen LogP contribution is -2.18. The Morgan fingerprint density at radius 2 is 2.20 bits per heavy atom. The van der Waals surface area contributed by atoms with E-state index in [0.717, 1.165) is 17.6 Å². The molecule has 80 valence electrons. The Balaban J connectivity index is 2.59. The molecular formula is C12H14O3. The molecule has 0 aliphatic carbocycles. The van der Waals surface area contributed by atoms with Gasteiger partial charge in [0.05, 0.1) is 19.3 Å². The van der Waals surface area contributed by atoms with Crippen molar-refractivity contribution in [2.24, 2.45) is 0 Å². The zero-order valence-corrected chi connectivity index (χ0v) is 9.16. The molecule has 0 saturated heterocycles. The van der Waals surface area contributed by atoms with Crippen LogP contribution < -0.4 is 9.47 Å². The lowest BCUT2D eigenvalue weighted by molar-refractivity contribution is 0.112. The first-order chi connectivity index (χ1) is 7.08. The van der Waals surface area contributed by atoms with E-state index in [4.69, 9.17) is 9.47 Å². The highest BCUT2D eigenvalue weighted by Crippen LogP contribution is 2.41. The summed E-state index contributed by atoms with van der Waals surface area (Å²) >= 11 is 0. The Morgan fingerprint density at radius 3 is 2.80 bits per heavy atom. The van der Waals surface area contributed by atoms with Crippen LogP contribution in [0.25, 0.3) is 0 Å². The van der Waals surface area contributed by atoms with Gasteiger partial charge in [0.25, 0.3) is 0 Å². The van der Waals surface area contributed by atoms with Crippen molar-refractivity contribution in [3.63, 3.8) is 0 Å². The van der Waals surface area contributed by atoms with Gasteiger partial charge in [0.15, 0.2) is 6.29 Å². The van der Waals surface area contributed by atoms with Crippen molar-refractivity contribution in [3.05, 3.63) is 23.3 Å². The highest BCUT2D eigenvalue weighted by Gasteiger charge is 2.32. The molecule has 0 aromatic heterocycles. The summed E-state index contributed by atoms with van der Waals surface area (Å²) in [4.78, 5) is 10.9. The van der Waals surface area contributed by atoms with Gasteiger partial charge in [-0.2, -0.15) is 0 Å². The maximum absolute atomic E-state index is 10.9. The normalized spacial score (nSPS) is 16.7. The van der Waals surface area contributed by atoms with Crippen LogP contribution in [0.3, 0.4) is 0 Å². The van der Waals surface area contributed by atoms with Crippen LogP contribution in [-0.2, 0) is 5.41 Å². The second kappa shape index (κ2) is 3.26. The van der Waals surface area contributed by atoms with E-state index in [-0.39, 0.29) is 5.41 Å². The maximum atomic E-state index is 10.9. The van der Waals surface area contributed by atoms with Crippen LogP contribution >= 0.6 is 0 Å². The van der Waals surface area contributed by atoms with Gasteiger partial charge in [0, 0.05) is 17.0 Å². The predicted molar refractivity (Wildman–Crippen MR) is 56.9 cm³/mol. The van der Waals surface area contributed by atoms with Gasteiger partial charge in [-0.3, -0.25) is 4.79 Å². The predicted octanol–water partition coefficient (Wildman–Crippen LogP) is 2.18. The van der Waals surface area contributed by atoms with Crippen LogP contribution in [-0.4, -0.2) is 20.0 Å². The molecule has 2 rings (SSSR count). The van der Waals surface area contributed by atoms with Crippen LogP contribution in [0.2, 0.25) is 0 Å². The molecular weight excluding hydrogens is 192 g/mol. The van der Waals surface area contributed by atoms with E-state index in [1.807, 2.05) is 6.07 Å². The van der Waals surface area contributed by atoms with E-state index in [1.165, 1.54) is 0 Å². The molecule has 1 heterocycles. The summed E-state index contributed by atoms with van der Waals surface area (Å²) < 4.78 is 10.7. The fourth-order valence-corrected chi connectivity index (χ4v) is 1.83. The van der Waals surface area contributed by atoms with Crippen molar-refractivity contribution in [2.75, 3.05) is 13.7 Å². The summed E-state index contributed by atoms with van der Waals surface area (Å²) in [5, 5.41) is 0. The third kappa shape index (κ3) is 1.48. The molecule has 0 bridgehead atoms. The summed E-state index contributed by atoms with van der Waals surface area (Å²) in [7, 11) is 1.55. The largest absolute Gasteiger partial charge is 0.496 e. The Labute approximate surface area is 89.0 Å². The van der Waals surface area contributed by atoms with E-state index in [0.29, 0.717) is 17.9 Å². The molecule has 3 nitrogen and oxygen atoms in total. The first-order valence-corrected chi connectivity index (χ1v) is 4.89. The average Bonchev–Trinajstić information content (AvgIpc) is 2.52. The number of carbonyl (C=O) groups excluding carboxylic acids is 1. The maximum Gasteiger partial charge on any atom is 0.153 e. The van der Waals surface area contributed by atoms with E-state index in [2.05, 4.69) is 13.8 Å². The fourth-order valence-electron chi connectivity index (χ4n) is 1.83. The van der Waals surface area contributed by atoms with Crippen molar-refractivity contribution in [1.82, 2.24) is 0 Å². The van der Waals surface area contributed by atoms with Gasteiger partial charge in [-0.15, -0.1) is 0 Å². The average molecular weight is 206 g/mol. The summed E-state index contributed by atoms with van der Waals surface area (Å²) in [5.74, 6) is 1.39. The first kappa shape index (κ1) is 10.0. The Kier molecular flexibility index (Phi) is 2.18. The lowest BCUT2D eigenvalue weighted by atomic mass is 9.86. The Bertz CT molecular complexity index is 408. The number of fused-ring (bicyclic) bond motifs is 1. The highest BCUT2D eigenvalue weighted by atomic mass is 16.5. The minimum absolute atomic E-state index is 0.0284. The van der Waals surface area contributed by atoms with E-state index in [9.17, 15) is 4.79 Å². The standard InChI is InChI=1S/C12H14O3/c1-12(2)7-15-11-5-10(14-3)8(6-13)4-9(11)12/h4-6H,7H2,1-3H3. The third-order valence-electron chi connectivity index (χ3n) is 2.78. The van der Waals surface area contributed by atoms with Gasteiger partial charge in [0.1, 0.15) is 11.5 Å². The molecule has 1 aromatic rings. The van der Waals surface area contributed by atoms with Gasteiger partial charge in [-0.05, 0) is 6.07 Å². The molecule has 15 heavy (non-hydrogen) atoms. The first-order valence-electron chi connectivity index (χ1n) is 4.89. The Hall–Kier alpha value is -1.51. The molecule has 1 aromatic carbocycles. The van der Waals surface area contributed by atoms with Crippen LogP contribution in [0.1, 0.15) is 29.8 Å². The number of rotatable bonds is 2. The highest BCUT2D eigenvalue weighted by molar-refractivity contribution is 5.81. The molecule has 0 atom stereocenters. The van der Waals surface area contributed by atoms with Crippen molar-refractivity contribution < 1.29 is 14.3 Å². The van der Waals surface area contributed by atoms with Crippen molar-refractivity contribution in [3.8, 4) is 11.5 Å². The molecule has 0 radical (unpaired) electrons. The third-order valence-corrected chi connectivity index (χ3v) is 2.78. The summed E-state index contributed by atoms with van der Waals surface area (Å²) in [6, 6.07) is 3.64. The number of carbonyl (C=O) groups is 1. The minimum Gasteiger partial charge on any atom is -0.496 e. The van der Waals surface area contributed by atoms with Crippen molar-refractivity contribution in [1.29, 1.82) is 0 Å². The summed E-state index contributed by atoms with van der Waals surface area (Å²) in [6.45, 7) is 4.84. The molecule has 1 aliphatic heterocycles. The van der Waals surface area contributed by atoms with Crippen LogP contribution in [0, 0.1) is 0 Å². The SMILES string of the molecule is COc1cc2c(cc1C=O)C(C)(C)CO2. The smallest absolute Gasteiger partial charge is 0.153 e. The zero-order valence-electron chi connectivity index (χ0n) is 9.16. The van der Waals surface area contributed by atoms with Crippen LogP contribution in [0.5, 0.6) is 11.5 Å². The van der Waals surface area contributed by atoms with E-state index >= 15 is 0 Å². The molecule has 0 amide bonds. The van der Waals surface area contributed by atoms with E-state index < -0.39 is 0 Å². The summed E-state index contributed by atoms with van der Waals surface area (Å²) in [6.07, 6.45) is 0.813. The zero-order chi connectivity index (χ0) is 11.1. The molecule has 0 unspecified atom stereocenters. The number of ether oxygens (including phenoxy) is 2. The number of aldehydes is 1. The van der Waals surface area contributed by atoms with Crippen LogP contribution in [0.4, 0.5) is 0 Å². The molecule has 3 heteroatoms. The second-order valence-electron chi connectivity index (χ2n) is 4.38. The Morgan fingerprint density at radius 1 is 1.47 bits per heavy atom. The quantitative estimate of drug-likeness (QED) is 0.696. The van der Waals surface area contributed by atoms with Crippen molar-refractivity contribution >= 4 is 6.29 Å². The van der Waals surface area contributed by atoms with Crippen molar-refractivity contribution in [2.45, 2.75) is 19.3 Å². The number of methoxy groups -OCH3 is 1. The molecule has 0 spiro atoms. The second-order valence-corrected chi connectivity index (χ2v) is 4.38. The van der Waals surface area contributed by atoms with Gasteiger partial charge in [-0.1, -0.05) is 13.8 Å². The molecule has 0 saturated carbocycles. The molecule has 0 N–H and O–H groups in total. The van der Waals surface area contributed by atoms with E-state index in [1.54, 1.807) is 13.2 Å². The van der Waals surface area contributed by atoms with Gasteiger partial charge < -0.3 is 9.47 Å². The number of benzene rings is 1. The van der Waals surface area contributed by atoms with Crippen LogP contribution in [0.15, 0.2) is 12.1 Å². The lowest BCUT2D eigenvalue weighted by Gasteiger charge is -2.15. The molecule has 0 fully saturated rings.